The van der Waals surface area contributed by atoms with Crippen molar-refractivity contribution in [1.29, 1.82) is 0 Å². The molecule has 278 valence electrons. The van der Waals surface area contributed by atoms with Crippen LogP contribution in [0.4, 0.5) is 17.1 Å². The Labute approximate surface area is 342 Å². The van der Waals surface area contributed by atoms with Crippen LogP contribution in [0.2, 0.25) is 0 Å². The predicted molar refractivity (Wildman–Crippen MR) is 246 cm³/mol. The first-order chi connectivity index (χ1) is 28.6. The van der Waals surface area contributed by atoms with E-state index < -0.39 is 0 Å². The lowest BCUT2D eigenvalue weighted by Gasteiger charge is -2.31. The van der Waals surface area contributed by atoms with Crippen LogP contribution in [-0.4, -0.2) is 0 Å². The fourth-order valence-electron chi connectivity index (χ4n) is 9.66. The van der Waals surface area contributed by atoms with Crippen molar-refractivity contribution in [1.82, 2.24) is 0 Å². The highest BCUT2D eigenvalue weighted by atomic mass is 15.1. The molecule has 0 aliphatic heterocycles. The van der Waals surface area contributed by atoms with Gasteiger partial charge in [-0.05, 0) is 91.2 Å². The Morgan fingerprint density at radius 2 is 0.862 bits per heavy atom. The van der Waals surface area contributed by atoms with E-state index in [0.29, 0.717) is 11.8 Å². The minimum absolute atomic E-state index is 0.0609. The lowest BCUT2D eigenvalue weighted by atomic mass is 9.74. The normalized spacial score (nSPS) is 16.1. The molecule has 2 aliphatic rings. The third-order valence-electron chi connectivity index (χ3n) is 12.4. The molecule has 0 aromatic heterocycles. The molecule has 1 nitrogen and oxygen atoms in total. The molecule has 10 rings (SSSR count). The minimum Gasteiger partial charge on any atom is -0.309 e. The number of nitrogens with zero attached hydrogens (tertiary/aromatic N) is 1. The Balaban J connectivity index is 1.21. The summed E-state index contributed by atoms with van der Waals surface area (Å²) in [7, 11) is 0. The largest absolute Gasteiger partial charge is 0.309 e. The molecule has 0 spiro atoms. The molecule has 2 aliphatic carbocycles. The summed E-state index contributed by atoms with van der Waals surface area (Å²) in [6, 6.07) is 73.2. The van der Waals surface area contributed by atoms with E-state index >= 15 is 0 Å². The summed E-state index contributed by atoms with van der Waals surface area (Å²) < 4.78 is 0. The average Bonchev–Trinajstić information content (AvgIpc) is 3.53. The number of anilines is 3. The van der Waals surface area contributed by atoms with Crippen molar-refractivity contribution in [3.05, 3.63) is 236 Å². The first-order valence-electron chi connectivity index (χ1n) is 20.4. The van der Waals surface area contributed by atoms with Crippen LogP contribution < -0.4 is 4.90 Å². The lowest BCUT2D eigenvalue weighted by Crippen LogP contribution is -2.24. The zero-order valence-electron chi connectivity index (χ0n) is 33.0. The van der Waals surface area contributed by atoms with Crippen molar-refractivity contribution < 1.29 is 0 Å². The van der Waals surface area contributed by atoms with Crippen molar-refractivity contribution >= 4 is 17.1 Å². The molecule has 8 aromatic carbocycles. The van der Waals surface area contributed by atoms with Crippen LogP contribution in [0.15, 0.2) is 224 Å². The summed E-state index contributed by atoms with van der Waals surface area (Å²) in [5.74, 6) is 0.820. The SMILES string of the molecule is CC1(C)c2cccc(-c3ccc(N(c4ccccc4-c4ccccc4)c4cccc(-c5ccccc5)c4-c4ccccc4-c4ccccc4)cc3)c2C2C=CC=C[C@@H]21. The van der Waals surface area contributed by atoms with Crippen LogP contribution >= 0.6 is 0 Å². The Morgan fingerprint density at radius 1 is 0.379 bits per heavy atom. The van der Waals surface area contributed by atoms with Gasteiger partial charge in [0.15, 0.2) is 0 Å². The second-order valence-electron chi connectivity index (χ2n) is 16.1. The lowest BCUT2D eigenvalue weighted by molar-refractivity contribution is 0.394. The standard InChI is InChI=1S/C57H45N/c1-57(2)51-32-16-14-29-50(51)55-47(30-18-33-52(55)57)43-36-38-44(39-37-43)58(53-34-17-15-27-46(53)41-22-8-4-9-23-41)54-35-19-31-48(42-24-10-5-11-25-42)56(54)49-28-13-12-26-45(49)40-20-6-3-7-21-40/h3-39,50-51H,1-2H3/t50?,51-/m0/s1. The summed E-state index contributed by atoms with van der Waals surface area (Å²) in [6.45, 7) is 4.82. The van der Waals surface area contributed by atoms with Crippen LogP contribution in [0.1, 0.15) is 30.9 Å². The monoisotopic (exact) mass is 743 g/mol. The molecule has 1 unspecified atom stereocenters. The highest BCUT2D eigenvalue weighted by Gasteiger charge is 2.45. The van der Waals surface area contributed by atoms with Gasteiger partial charge in [-0.1, -0.05) is 214 Å². The molecule has 58 heavy (non-hydrogen) atoms. The average molecular weight is 744 g/mol. The van der Waals surface area contributed by atoms with Crippen molar-refractivity contribution in [2.24, 2.45) is 5.92 Å². The van der Waals surface area contributed by atoms with Crippen molar-refractivity contribution in [2.75, 3.05) is 4.90 Å². The van der Waals surface area contributed by atoms with Crippen LogP contribution in [-0.2, 0) is 5.41 Å². The fraction of sp³-hybridized carbons (Fsp3) is 0.0877. The van der Waals surface area contributed by atoms with Crippen LogP contribution in [0.5, 0.6) is 0 Å². The molecular formula is C57H45N. The number of allylic oxidation sites excluding steroid dienone is 4. The Kier molecular flexibility index (Phi) is 9.07. The summed E-state index contributed by atoms with van der Waals surface area (Å²) in [5.41, 5.74) is 18.4. The molecule has 0 N–H and O–H groups in total. The van der Waals surface area contributed by atoms with Crippen LogP contribution in [0.25, 0.3) is 55.6 Å². The van der Waals surface area contributed by atoms with E-state index in [1.54, 1.807) is 0 Å². The zero-order valence-corrected chi connectivity index (χ0v) is 33.0. The van der Waals surface area contributed by atoms with Gasteiger partial charge >= 0.3 is 0 Å². The highest BCUT2D eigenvalue weighted by molar-refractivity contribution is 6.02. The van der Waals surface area contributed by atoms with E-state index in [2.05, 4.69) is 243 Å². The second kappa shape index (κ2) is 14.8. The maximum absolute atomic E-state index is 2.49. The van der Waals surface area contributed by atoms with Gasteiger partial charge in [-0.15, -0.1) is 0 Å². The summed E-state index contributed by atoms with van der Waals surface area (Å²) in [5, 5.41) is 0. The zero-order chi connectivity index (χ0) is 39.1. The van der Waals surface area contributed by atoms with E-state index in [9.17, 15) is 0 Å². The third kappa shape index (κ3) is 6.12. The number of para-hydroxylation sites is 1. The number of hydrogen-bond donors (Lipinski definition) is 0. The van der Waals surface area contributed by atoms with Crippen molar-refractivity contribution in [3.8, 4) is 55.6 Å². The molecule has 0 saturated heterocycles. The number of rotatable bonds is 8. The molecule has 0 radical (unpaired) electrons. The Hall–Kier alpha value is -6.96. The predicted octanol–water partition coefficient (Wildman–Crippen LogP) is 15.6. The molecule has 8 aromatic rings. The van der Waals surface area contributed by atoms with E-state index in [1.807, 2.05) is 0 Å². The molecule has 1 heteroatoms. The second-order valence-corrected chi connectivity index (χ2v) is 16.1. The third-order valence-corrected chi connectivity index (χ3v) is 12.4. The van der Waals surface area contributed by atoms with E-state index in [4.69, 9.17) is 0 Å². The number of benzene rings is 8. The molecule has 0 heterocycles. The summed E-state index contributed by atoms with van der Waals surface area (Å²) >= 11 is 0. The molecule has 0 fully saturated rings. The van der Waals surface area contributed by atoms with Gasteiger partial charge in [0.1, 0.15) is 0 Å². The molecule has 0 saturated carbocycles. The van der Waals surface area contributed by atoms with Gasteiger partial charge in [0.2, 0.25) is 0 Å². The summed E-state index contributed by atoms with van der Waals surface area (Å²) in [6.07, 6.45) is 9.28. The minimum atomic E-state index is 0.0609. The van der Waals surface area contributed by atoms with Gasteiger partial charge in [0.05, 0.1) is 11.4 Å². The van der Waals surface area contributed by atoms with Gasteiger partial charge in [0, 0.05) is 22.7 Å². The molecule has 0 amide bonds. The highest BCUT2D eigenvalue weighted by Crippen LogP contribution is 2.56. The van der Waals surface area contributed by atoms with Gasteiger partial charge in [-0.3, -0.25) is 0 Å². The van der Waals surface area contributed by atoms with E-state index in [-0.39, 0.29) is 5.41 Å². The maximum atomic E-state index is 2.49. The fourth-order valence-corrected chi connectivity index (χ4v) is 9.66. The van der Waals surface area contributed by atoms with Gasteiger partial charge < -0.3 is 4.90 Å². The van der Waals surface area contributed by atoms with E-state index in [1.165, 1.54) is 66.8 Å². The topological polar surface area (TPSA) is 3.24 Å². The van der Waals surface area contributed by atoms with Crippen LogP contribution in [0, 0.1) is 5.92 Å². The van der Waals surface area contributed by atoms with Gasteiger partial charge in [-0.25, -0.2) is 0 Å². The number of fused-ring (bicyclic) bond motifs is 3. The van der Waals surface area contributed by atoms with E-state index in [0.717, 1.165) is 17.1 Å². The van der Waals surface area contributed by atoms with Gasteiger partial charge in [0.25, 0.3) is 0 Å². The quantitative estimate of drug-likeness (QED) is 0.150. The molecule has 0 bridgehead atoms. The maximum Gasteiger partial charge on any atom is 0.0546 e. The molecular weight excluding hydrogens is 699 g/mol. The van der Waals surface area contributed by atoms with Gasteiger partial charge in [-0.2, -0.15) is 0 Å². The summed E-state index contributed by atoms with van der Waals surface area (Å²) in [4.78, 5) is 2.49. The molecule has 2 atom stereocenters. The van der Waals surface area contributed by atoms with Crippen LogP contribution in [0.3, 0.4) is 0 Å². The van der Waals surface area contributed by atoms with Crippen molar-refractivity contribution in [2.45, 2.75) is 25.2 Å². The first kappa shape index (κ1) is 35.5. The Morgan fingerprint density at radius 3 is 1.55 bits per heavy atom. The van der Waals surface area contributed by atoms with Crippen molar-refractivity contribution in [3.63, 3.8) is 0 Å². The Bertz CT molecular complexity index is 2790. The first-order valence-corrected chi connectivity index (χ1v) is 20.4. The number of hydrogen-bond acceptors (Lipinski definition) is 1. The smallest absolute Gasteiger partial charge is 0.0546 e.